The lowest BCUT2D eigenvalue weighted by Gasteiger charge is -2.18. The van der Waals surface area contributed by atoms with Crippen LogP contribution in [0.25, 0.3) is 0 Å². The number of hydrogen-bond acceptors (Lipinski definition) is 2. The number of rotatable bonds is 3. The van der Waals surface area contributed by atoms with E-state index in [1.54, 1.807) is 13.0 Å². The zero-order chi connectivity index (χ0) is 9.84. The summed E-state index contributed by atoms with van der Waals surface area (Å²) in [6.07, 6.45) is -0.441. The monoisotopic (exact) mass is 199 g/mol. The highest BCUT2D eigenvalue weighted by molar-refractivity contribution is 6.30. The Morgan fingerprint density at radius 2 is 2.23 bits per heavy atom. The molecule has 0 fully saturated rings. The molecule has 0 aliphatic carbocycles. The molecule has 2 unspecified atom stereocenters. The number of aliphatic hydroxyl groups excluding tert-OH is 1. The van der Waals surface area contributed by atoms with E-state index in [4.69, 9.17) is 17.3 Å². The van der Waals surface area contributed by atoms with Crippen LogP contribution in [0.5, 0.6) is 0 Å². The summed E-state index contributed by atoms with van der Waals surface area (Å²) in [5.41, 5.74) is 6.54. The molecule has 3 N–H and O–H groups in total. The highest BCUT2D eigenvalue weighted by Gasteiger charge is 2.15. The average molecular weight is 200 g/mol. The molecule has 0 heterocycles. The summed E-state index contributed by atoms with van der Waals surface area (Å²) in [5.74, 6) is -0.0290. The lowest BCUT2D eigenvalue weighted by molar-refractivity contribution is 0.164. The van der Waals surface area contributed by atoms with Crippen LogP contribution in [0.2, 0.25) is 5.02 Å². The van der Waals surface area contributed by atoms with Gasteiger partial charge in [0.25, 0.3) is 0 Å². The standard InChI is InChI=1S/C10H14ClNO/c1-7(13)10(6-12)8-3-2-4-9(11)5-8/h2-5,7,10,13H,6,12H2,1H3. The van der Waals surface area contributed by atoms with Gasteiger partial charge in [0.1, 0.15) is 0 Å². The summed E-state index contributed by atoms with van der Waals surface area (Å²) in [5, 5.41) is 10.1. The molecule has 0 saturated carbocycles. The van der Waals surface area contributed by atoms with Crippen molar-refractivity contribution in [3.05, 3.63) is 34.9 Å². The van der Waals surface area contributed by atoms with Gasteiger partial charge < -0.3 is 10.8 Å². The van der Waals surface area contributed by atoms with Gasteiger partial charge in [-0.25, -0.2) is 0 Å². The van der Waals surface area contributed by atoms with E-state index in [0.717, 1.165) is 5.56 Å². The van der Waals surface area contributed by atoms with Gasteiger partial charge in [0.15, 0.2) is 0 Å². The molecular formula is C10H14ClNO. The molecule has 0 radical (unpaired) electrons. The van der Waals surface area contributed by atoms with E-state index in [1.165, 1.54) is 0 Å². The van der Waals surface area contributed by atoms with Gasteiger partial charge >= 0.3 is 0 Å². The van der Waals surface area contributed by atoms with E-state index in [2.05, 4.69) is 0 Å². The predicted octanol–water partition coefficient (Wildman–Crippen LogP) is 1.76. The molecule has 0 spiro atoms. The van der Waals surface area contributed by atoms with Gasteiger partial charge in [0.05, 0.1) is 6.10 Å². The molecule has 1 aromatic carbocycles. The molecule has 2 nitrogen and oxygen atoms in total. The van der Waals surface area contributed by atoms with Crippen molar-refractivity contribution in [1.82, 2.24) is 0 Å². The fourth-order valence-corrected chi connectivity index (χ4v) is 1.55. The second-order valence-corrected chi connectivity index (χ2v) is 3.57. The van der Waals surface area contributed by atoms with Crippen LogP contribution in [0.3, 0.4) is 0 Å². The van der Waals surface area contributed by atoms with E-state index in [0.29, 0.717) is 11.6 Å². The summed E-state index contributed by atoms with van der Waals surface area (Å²) in [6, 6.07) is 7.44. The van der Waals surface area contributed by atoms with Gasteiger partial charge in [-0.15, -0.1) is 0 Å². The first-order chi connectivity index (χ1) is 6.15. The lowest BCUT2D eigenvalue weighted by Crippen LogP contribution is -2.23. The summed E-state index contributed by atoms with van der Waals surface area (Å²) in [4.78, 5) is 0. The van der Waals surface area contributed by atoms with Crippen molar-refractivity contribution >= 4 is 11.6 Å². The zero-order valence-electron chi connectivity index (χ0n) is 7.57. The van der Waals surface area contributed by atoms with Gasteiger partial charge in [0.2, 0.25) is 0 Å². The van der Waals surface area contributed by atoms with Gasteiger partial charge in [-0.1, -0.05) is 23.7 Å². The normalized spacial score (nSPS) is 15.4. The predicted molar refractivity (Wildman–Crippen MR) is 54.9 cm³/mol. The van der Waals surface area contributed by atoms with Crippen LogP contribution in [0, 0.1) is 0 Å². The molecule has 3 heteroatoms. The number of benzene rings is 1. The van der Waals surface area contributed by atoms with Crippen LogP contribution in [-0.4, -0.2) is 17.8 Å². The van der Waals surface area contributed by atoms with E-state index in [-0.39, 0.29) is 5.92 Å². The molecule has 1 aromatic rings. The maximum atomic E-state index is 9.43. The molecule has 0 aromatic heterocycles. The second kappa shape index (κ2) is 4.61. The Bertz CT molecular complexity index is 275. The zero-order valence-corrected chi connectivity index (χ0v) is 8.33. The summed E-state index contributed by atoms with van der Waals surface area (Å²) in [7, 11) is 0. The van der Waals surface area contributed by atoms with E-state index in [9.17, 15) is 5.11 Å². The topological polar surface area (TPSA) is 46.2 Å². The van der Waals surface area contributed by atoms with Crippen molar-refractivity contribution in [3.63, 3.8) is 0 Å². The SMILES string of the molecule is CC(O)C(CN)c1cccc(Cl)c1. The third-order valence-electron chi connectivity index (χ3n) is 2.11. The quantitative estimate of drug-likeness (QED) is 0.780. The molecule has 0 aliphatic rings. The average Bonchev–Trinajstić information content (AvgIpc) is 2.04. The fraction of sp³-hybridized carbons (Fsp3) is 0.400. The van der Waals surface area contributed by atoms with Crippen LogP contribution >= 0.6 is 11.6 Å². The number of halogens is 1. The maximum absolute atomic E-state index is 9.43. The highest BCUT2D eigenvalue weighted by atomic mass is 35.5. The van der Waals surface area contributed by atoms with Crippen molar-refractivity contribution in [2.75, 3.05) is 6.54 Å². The number of nitrogens with two attached hydrogens (primary N) is 1. The summed E-state index contributed by atoms with van der Waals surface area (Å²) >= 11 is 5.83. The molecule has 72 valence electrons. The molecule has 0 amide bonds. The van der Waals surface area contributed by atoms with Crippen molar-refractivity contribution in [1.29, 1.82) is 0 Å². The molecular weight excluding hydrogens is 186 g/mol. The Balaban J connectivity index is 2.91. The van der Waals surface area contributed by atoms with Crippen molar-refractivity contribution in [2.24, 2.45) is 5.73 Å². The van der Waals surface area contributed by atoms with Gasteiger partial charge in [-0.05, 0) is 24.6 Å². The van der Waals surface area contributed by atoms with Crippen LogP contribution in [-0.2, 0) is 0 Å². The maximum Gasteiger partial charge on any atom is 0.0592 e. The van der Waals surface area contributed by atoms with Crippen molar-refractivity contribution in [3.8, 4) is 0 Å². The van der Waals surface area contributed by atoms with Crippen LogP contribution < -0.4 is 5.73 Å². The summed E-state index contributed by atoms with van der Waals surface area (Å²) < 4.78 is 0. The Morgan fingerprint density at radius 1 is 1.54 bits per heavy atom. The third-order valence-corrected chi connectivity index (χ3v) is 2.35. The van der Waals surface area contributed by atoms with Crippen LogP contribution in [0.15, 0.2) is 24.3 Å². The van der Waals surface area contributed by atoms with E-state index < -0.39 is 6.10 Å². The van der Waals surface area contributed by atoms with Crippen molar-refractivity contribution < 1.29 is 5.11 Å². The first kappa shape index (κ1) is 10.5. The van der Waals surface area contributed by atoms with Crippen LogP contribution in [0.1, 0.15) is 18.4 Å². The van der Waals surface area contributed by atoms with E-state index in [1.807, 2.05) is 18.2 Å². The highest BCUT2D eigenvalue weighted by Crippen LogP contribution is 2.21. The number of aliphatic hydroxyl groups is 1. The smallest absolute Gasteiger partial charge is 0.0592 e. The Morgan fingerprint density at radius 3 is 2.69 bits per heavy atom. The van der Waals surface area contributed by atoms with Gasteiger partial charge in [-0.2, -0.15) is 0 Å². The molecule has 0 bridgehead atoms. The van der Waals surface area contributed by atoms with Crippen molar-refractivity contribution in [2.45, 2.75) is 18.9 Å². The van der Waals surface area contributed by atoms with Gasteiger partial charge in [-0.3, -0.25) is 0 Å². The molecule has 2 atom stereocenters. The number of hydrogen-bond donors (Lipinski definition) is 2. The molecule has 0 saturated heterocycles. The Hall–Kier alpha value is -0.570. The Labute approximate surface area is 83.3 Å². The third kappa shape index (κ3) is 2.69. The second-order valence-electron chi connectivity index (χ2n) is 3.14. The Kier molecular flexibility index (Phi) is 3.72. The molecule has 13 heavy (non-hydrogen) atoms. The first-order valence-corrected chi connectivity index (χ1v) is 4.66. The first-order valence-electron chi connectivity index (χ1n) is 4.28. The largest absolute Gasteiger partial charge is 0.393 e. The molecule has 0 aliphatic heterocycles. The minimum absolute atomic E-state index is 0.0290. The van der Waals surface area contributed by atoms with Crippen LogP contribution in [0.4, 0.5) is 0 Å². The lowest BCUT2D eigenvalue weighted by atomic mass is 9.94. The van der Waals surface area contributed by atoms with Gasteiger partial charge in [0, 0.05) is 17.5 Å². The molecule has 1 rings (SSSR count). The minimum Gasteiger partial charge on any atom is -0.393 e. The fourth-order valence-electron chi connectivity index (χ4n) is 1.35. The minimum atomic E-state index is -0.441. The van der Waals surface area contributed by atoms with E-state index >= 15 is 0 Å². The summed E-state index contributed by atoms with van der Waals surface area (Å²) in [6.45, 7) is 2.16.